The van der Waals surface area contributed by atoms with Crippen LogP contribution in [-0.4, -0.2) is 54.6 Å². The molecule has 8 nitrogen and oxygen atoms in total. The van der Waals surface area contributed by atoms with Crippen LogP contribution in [0.4, 0.5) is 0 Å². The maximum atomic E-state index is 12.9. The first-order valence-corrected chi connectivity index (χ1v) is 11.6. The van der Waals surface area contributed by atoms with Crippen LogP contribution in [0.2, 0.25) is 0 Å². The Kier molecular flexibility index (Phi) is 6.52. The Morgan fingerprint density at radius 2 is 1.80 bits per heavy atom. The van der Waals surface area contributed by atoms with Crippen LogP contribution < -0.4 is 10.1 Å². The Hall–Kier alpha value is -2.39. The van der Waals surface area contributed by atoms with Gasteiger partial charge < -0.3 is 10.1 Å². The van der Waals surface area contributed by atoms with E-state index in [0.717, 1.165) is 22.4 Å². The minimum Gasteiger partial charge on any atom is -0.483 e. The van der Waals surface area contributed by atoms with Crippen LogP contribution >= 0.6 is 0 Å². The van der Waals surface area contributed by atoms with Crippen LogP contribution in [0.1, 0.15) is 40.9 Å². The number of aromatic amines is 1. The lowest BCUT2D eigenvalue weighted by molar-refractivity contribution is -0.124. The van der Waals surface area contributed by atoms with E-state index in [4.69, 9.17) is 4.74 Å². The Morgan fingerprint density at radius 1 is 1.17 bits per heavy atom. The SMILES string of the molecule is Cc1ccc(C)c(OCC(=O)NC2CCN(S(=O)(=O)c3c(C)n[nH]c3C)CC2)c1C. The van der Waals surface area contributed by atoms with Crippen molar-refractivity contribution < 1.29 is 17.9 Å². The third-order valence-electron chi connectivity index (χ3n) is 5.70. The number of carbonyl (C=O) groups excluding carboxylic acids is 1. The fraction of sp³-hybridized carbons (Fsp3) is 0.524. The molecule has 2 N–H and O–H groups in total. The van der Waals surface area contributed by atoms with Gasteiger partial charge in [0.05, 0.1) is 11.4 Å². The van der Waals surface area contributed by atoms with Gasteiger partial charge in [-0.05, 0) is 64.2 Å². The van der Waals surface area contributed by atoms with E-state index >= 15 is 0 Å². The molecule has 1 aromatic heterocycles. The summed E-state index contributed by atoms with van der Waals surface area (Å²) in [5.41, 5.74) is 4.16. The van der Waals surface area contributed by atoms with Crippen molar-refractivity contribution in [1.29, 1.82) is 0 Å². The molecular formula is C21H30N4O4S. The summed E-state index contributed by atoms with van der Waals surface area (Å²) in [6, 6.07) is 3.94. The maximum absolute atomic E-state index is 12.9. The first-order valence-electron chi connectivity index (χ1n) is 10.1. The van der Waals surface area contributed by atoms with Crippen LogP contribution in [0.15, 0.2) is 17.0 Å². The van der Waals surface area contributed by atoms with Crippen molar-refractivity contribution >= 4 is 15.9 Å². The summed E-state index contributed by atoms with van der Waals surface area (Å²) < 4.78 is 33.1. The summed E-state index contributed by atoms with van der Waals surface area (Å²) in [7, 11) is -3.59. The normalized spacial score (nSPS) is 15.9. The van der Waals surface area contributed by atoms with Crippen molar-refractivity contribution in [3.63, 3.8) is 0 Å². The lowest BCUT2D eigenvalue weighted by Gasteiger charge is -2.31. The fourth-order valence-electron chi connectivity index (χ4n) is 3.84. The molecular weight excluding hydrogens is 404 g/mol. The smallest absolute Gasteiger partial charge is 0.258 e. The number of aromatic nitrogens is 2. The second-order valence-electron chi connectivity index (χ2n) is 7.95. The summed E-state index contributed by atoms with van der Waals surface area (Å²) >= 11 is 0. The van der Waals surface area contributed by atoms with Crippen molar-refractivity contribution in [2.75, 3.05) is 19.7 Å². The Labute approximate surface area is 178 Å². The molecule has 0 saturated carbocycles. The molecule has 3 rings (SSSR count). The van der Waals surface area contributed by atoms with Gasteiger partial charge in [0.15, 0.2) is 6.61 Å². The predicted octanol–water partition coefficient (Wildman–Crippen LogP) is 2.30. The molecule has 164 valence electrons. The molecule has 0 radical (unpaired) electrons. The molecule has 0 unspecified atom stereocenters. The van der Waals surface area contributed by atoms with Gasteiger partial charge in [-0.25, -0.2) is 8.42 Å². The number of sulfonamides is 1. The third-order valence-corrected chi connectivity index (χ3v) is 7.86. The summed E-state index contributed by atoms with van der Waals surface area (Å²) in [6.07, 6.45) is 1.12. The van der Waals surface area contributed by atoms with Gasteiger partial charge in [-0.2, -0.15) is 9.40 Å². The largest absolute Gasteiger partial charge is 0.483 e. The summed E-state index contributed by atoms with van der Waals surface area (Å²) in [6.45, 7) is 9.99. The molecule has 30 heavy (non-hydrogen) atoms. The summed E-state index contributed by atoms with van der Waals surface area (Å²) in [4.78, 5) is 12.6. The maximum Gasteiger partial charge on any atom is 0.258 e. The Balaban J connectivity index is 1.54. The van der Waals surface area contributed by atoms with E-state index in [0.29, 0.717) is 37.3 Å². The molecule has 0 bridgehead atoms. The molecule has 9 heteroatoms. The topological polar surface area (TPSA) is 104 Å². The average molecular weight is 435 g/mol. The van der Waals surface area contributed by atoms with Crippen LogP contribution in [-0.2, 0) is 14.8 Å². The van der Waals surface area contributed by atoms with E-state index in [1.54, 1.807) is 13.8 Å². The second-order valence-corrected chi connectivity index (χ2v) is 9.83. The first-order chi connectivity index (χ1) is 14.1. The molecule has 1 aliphatic rings. The number of aryl methyl sites for hydroxylation is 4. The zero-order valence-corrected chi connectivity index (χ0v) is 19.0. The highest BCUT2D eigenvalue weighted by molar-refractivity contribution is 7.89. The van der Waals surface area contributed by atoms with E-state index in [2.05, 4.69) is 15.5 Å². The van der Waals surface area contributed by atoms with Crippen molar-refractivity contribution in [3.8, 4) is 5.75 Å². The molecule has 1 amide bonds. The molecule has 1 aromatic carbocycles. The van der Waals surface area contributed by atoms with Gasteiger partial charge in [0.1, 0.15) is 10.6 Å². The van der Waals surface area contributed by atoms with Crippen LogP contribution in [0.3, 0.4) is 0 Å². The average Bonchev–Trinajstić information content (AvgIpc) is 3.04. The van der Waals surface area contributed by atoms with E-state index in [1.165, 1.54) is 4.31 Å². The lowest BCUT2D eigenvalue weighted by atomic mass is 10.1. The van der Waals surface area contributed by atoms with Crippen LogP contribution in [0.5, 0.6) is 5.75 Å². The number of benzene rings is 1. The predicted molar refractivity (Wildman–Crippen MR) is 114 cm³/mol. The first kappa shape index (κ1) is 22.3. The summed E-state index contributed by atoms with van der Waals surface area (Å²) in [5.74, 6) is 0.551. The highest BCUT2D eigenvalue weighted by Gasteiger charge is 2.33. The number of carbonyl (C=O) groups is 1. The molecule has 0 spiro atoms. The molecule has 0 atom stereocenters. The fourth-order valence-corrected chi connectivity index (χ4v) is 5.65. The standard InChI is InChI=1S/C21H30N4O4S/c1-13-6-7-14(2)20(15(13)3)29-12-19(26)22-18-8-10-25(11-9-18)30(27,28)21-16(4)23-24-17(21)5/h6-7,18H,8-12H2,1-5H3,(H,22,26)(H,23,24). The number of ether oxygens (including phenoxy) is 1. The quantitative estimate of drug-likeness (QED) is 0.726. The Bertz CT molecular complexity index is 1020. The zero-order valence-electron chi connectivity index (χ0n) is 18.2. The van der Waals surface area contributed by atoms with Gasteiger partial charge in [-0.1, -0.05) is 12.1 Å². The molecule has 1 saturated heterocycles. The van der Waals surface area contributed by atoms with Gasteiger partial charge in [-0.15, -0.1) is 0 Å². The highest BCUT2D eigenvalue weighted by Crippen LogP contribution is 2.26. The number of hydrogen-bond acceptors (Lipinski definition) is 5. The molecule has 2 heterocycles. The minimum absolute atomic E-state index is 0.0585. The Morgan fingerprint density at radius 3 is 2.40 bits per heavy atom. The van der Waals surface area contributed by atoms with E-state index in [-0.39, 0.29) is 23.5 Å². The van der Waals surface area contributed by atoms with E-state index in [1.807, 2.05) is 32.9 Å². The van der Waals surface area contributed by atoms with Gasteiger partial charge in [-0.3, -0.25) is 9.89 Å². The van der Waals surface area contributed by atoms with Gasteiger partial charge in [0.2, 0.25) is 10.0 Å². The van der Waals surface area contributed by atoms with Crippen molar-refractivity contribution in [2.24, 2.45) is 0 Å². The minimum atomic E-state index is -3.59. The number of amides is 1. The van der Waals surface area contributed by atoms with Crippen molar-refractivity contribution in [1.82, 2.24) is 19.8 Å². The number of H-pyrrole nitrogens is 1. The highest BCUT2D eigenvalue weighted by atomic mass is 32.2. The monoisotopic (exact) mass is 434 g/mol. The summed E-state index contributed by atoms with van der Waals surface area (Å²) in [5, 5.41) is 9.69. The van der Waals surface area contributed by atoms with Gasteiger partial charge >= 0.3 is 0 Å². The molecule has 1 fully saturated rings. The number of piperidine rings is 1. The zero-order chi connectivity index (χ0) is 22.1. The van der Waals surface area contributed by atoms with Crippen LogP contribution in [0.25, 0.3) is 0 Å². The number of nitrogens with zero attached hydrogens (tertiary/aromatic N) is 2. The third kappa shape index (κ3) is 4.52. The number of rotatable bonds is 6. The molecule has 2 aromatic rings. The lowest BCUT2D eigenvalue weighted by Crippen LogP contribution is -2.47. The number of nitrogens with one attached hydrogen (secondary N) is 2. The molecule has 0 aliphatic carbocycles. The number of hydrogen-bond donors (Lipinski definition) is 2. The van der Waals surface area contributed by atoms with Gasteiger partial charge in [0, 0.05) is 19.1 Å². The van der Waals surface area contributed by atoms with Crippen LogP contribution in [0, 0.1) is 34.6 Å². The van der Waals surface area contributed by atoms with E-state index < -0.39 is 10.0 Å². The second kappa shape index (κ2) is 8.77. The van der Waals surface area contributed by atoms with Crippen molar-refractivity contribution in [2.45, 2.75) is 58.4 Å². The van der Waals surface area contributed by atoms with Gasteiger partial charge in [0.25, 0.3) is 5.91 Å². The van der Waals surface area contributed by atoms with E-state index in [9.17, 15) is 13.2 Å². The molecule has 1 aliphatic heterocycles. The van der Waals surface area contributed by atoms with Crippen molar-refractivity contribution in [3.05, 3.63) is 40.2 Å².